The summed E-state index contributed by atoms with van der Waals surface area (Å²) in [5.41, 5.74) is 1.11. The Hall–Kier alpha value is -0.700. The lowest BCUT2D eigenvalue weighted by atomic mass is 10.3. The third-order valence-corrected chi connectivity index (χ3v) is 3.03. The van der Waals surface area contributed by atoms with Gasteiger partial charge in [0.05, 0.1) is 11.0 Å². The number of hydrogen-bond donors (Lipinski definition) is 0. The smallest absolute Gasteiger partial charge is 0.136 e. The van der Waals surface area contributed by atoms with Gasteiger partial charge in [-0.15, -0.1) is 11.8 Å². The highest BCUT2D eigenvalue weighted by atomic mass is 32.2. The topological polar surface area (TPSA) is 22.1 Å². The van der Waals surface area contributed by atoms with Gasteiger partial charge in [0.2, 0.25) is 0 Å². The quantitative estimate of drug-likeness (QED) is 0.712. The summed E-state index contributed by atoms with van der Waals surface area (Å²) in [6, 6.07) is 2.07. The molecular formula is C11H15NOS. The molecule has 0 amide bonds. The molecule has 0 atom stereocenters. The fourth-order valence-electron chi connectivity index (χ4n) is 1.27. The number of rotatable bonds is 4. The van der Waals surface area contributed by atoms with Gasteiger partial charge in [0, 0.05) is 18.0 Å². The Morgan fingerprint density at radius 2 is 2.36 bits per heavy atom. The zero-order valence-corrected chi connectivity index (χ0v) is 9.43. The Labute approximate surface area is 89.1 Å². The van der Waals surface area contributed by atoms with Crippen LogP contribution in [0.25, 0.3) is 0 Å². The molecule has 0 aromatic carbocycles. The van der Waals surface area contributed by atoms with E-state index in [1.54, 1.807) is 11.8 Å². The van der Waals surface area contributed by atoms with Crippen LogP contribution in [0.3, 0.4) is 0 Å². The summed E-state index contributed by atoms with van der Waals surface area (Å²) in [7, 11) is 0. The minimum absolute atomic E-state index is 0.466. The van der Waals surface area contributed by atoms with Gasteiger partial charge in [0.1, 0.15) is 5.75 Å². The second kappa shape index (κ2) is 4.22. The van der Waals surface area contributed by atoms with Gasteiger partial charge >= 0.3 is 0 Å². The molecule has 1 aliphatic rings. The fourth-order valence-corrected chi connectivity index (χ4v) is 1.74. The lowest BCUT2D eigenvalue weighted by Gasteiger charge is -2.09. The molecule has 0 radical (unpaired) electrons. The van der Waals surface area contributed by atoms with E-state index in [1.807, 2.05) is 6.20 Å². The van der Waals surface area contributed by atoms with E-state index in [0.29, 0.717) is 6.10 Å². The van der Waals surface area contributed by atoms with Crippen LogP contribution >= 0.6 is 11.8 Å². The molecule has 1 aliphatic carbocycles. The van der Waals surface area contributed by atoms with E-state index in [1.165, 1.54) is 12.8 Å². The molecule has 0 N–H and O–H groups in total. The van der Waals surface area contributed by atoms with Gasteiger partial charge in [0.15, 0.2) is 0 Å². The van der Waals surface area contributed by atoms with Crippen molar-refractivity contribution in [1.82, 2.24) is 4.98 Å². The first-order chi connectivity index (χ1) is 6.83. The third kappa shape index (κ3) is 2.21. The molecule has 1 heterocycles. The van der Waals surface area contributed by atoms with Gasteiger partial charge in [-0.3, -0.25) is 4.98 Å². The maximum Gasteiger partial charge on any atom is 0.136 e. The highest BCUT2D eigenvalue weighted by Crippen LogP contribution is 2.33. The molecule has 1 fully saturated rings. The molecule has 0 aliphatic heterocycles. The molecule has 2 nitrogen and oxygen atoms in total. The van der Waals surface area contributed by atoms with E-state index in [9.17, 15) is 0 Å². The SMILES string of the molecule is CCc1cc(OC2CC2)c(SC)cn1. The number of pyridine rings is 1. The van der Waals surface area contributed by atoms with Crippen molar-refractivity contribution in [2.24, 2.45) is 0 Å². The first kappa shape index (κ1) is 9.84. The van der Waals surface area contributed by atoms with Crippen LogP contribution in [0.4, 0.5) is 0 Å². The Bertz CT molecular complexity index is 323. The van der Waals surface area contributed by atoms with Gasteiger partial charge in [-0.25, -0.2) is 0 Å². The maximum absolute atomic E-state index is 5.83. The van der Waals surface area contributed by atoms with Gasteiger partial charge in [-0.05, 0) is 25.5 Å². The van der Waals surface area contributed by atoms with Gasteiger partial charge in [0.25, 0.3) is 0 Å². The average Bonchev–Trinajstić information content (AvgIpc) is 3.01. The number of thioether (sulfide) groups is 1. The van der Waals surface area contributed by atoms with Crippen LogP contribution in [-0.4, -0.2) is 17.3 Å². The summed E-state index contributed by atoms with van der Waals surface area (Å²) in [5.74, 6) is 1.02. The lowest BCUT2D eigenvalue weighted by molar-refractivity contribution is 0.295. The van der Waals surface area contributed by atoms with Crippen LogP contribution in [0.1, 0.15) is 25.5 Å². The lowest BCUT2D eigenvalue weighted by Crippen LogP contribution is -1.99. The van der Waals surface area contributed by atoms with E-state index in [-0.39, 0.29) is 0 Å². The zero-order chi connectivity index (χ0) is 9.97. The van der Waals surface area contributed by atoms with Crippen molar-refractivity contribution < 1.29 is 4.74 Å². The van der Waals surface area contributed by atoms with E-state index in [4.69, 9.17) is 4.74 Å². The van der Waals surface area contributed by atoms with Crippen molar-refractivity contribution in [3.05, 3.63) is 18.0 Å². The molecule has 0 spiro atoms. The van der Waals surface area contributed by atoms with Crippen molar-refractivity contribution in [1.29, 1.82) is 0 Å². The van der Waals surface area contributed by atoms with E-state index >= 15 is 0 Å². The number of nitrogens with zero attached hydrogens (tertiary/aromatic N) is 1. The Morgan fingerprint density at radius 1 is 1.57 bits per heavy atom. The number of aromatic nitrogens is 1. The average molecular weight is 209 g/mol. The molecule has 0 bridgehead atoms. The Balaban J connectivity index is 2.21. The van der Waals surface area contributed by atoms with E-state index < -0.39 is 0 Å². The fraction of sp³-hybridized carbons (Fsp3) is 0.545. The molecule has 1 aromatic heterocycles. The summed E-state index contributed by atoms with van der Waals surface area (Å²) >= 11 is 1.70. The zero-order valence-electron chi connectivity index (χ0n) is 8.62. The largest absolute Gasteiger partial charge is 0.489 e. The Morgan fingerprint density at radius 3 is 2.93 bits per heavy atom. The molecule has 76 valence electrons. The third-order valence-electron chi connectivity index (χ3n) is 2.29. The second-order valence-electron chi connectivity index (χ2n) is 3.50. The first-order valence-corrected chi connectivity index (χ1v) is 6.25. The monoisotopic (exact) mass is 209 g/mol. The highest BCUT2D eigenvalue weighted by Gasteiger charge is 2.24. The molecular weight excluding hydrogens is 194 g/mol. The Kier molecular flexibility index (Phi) is 2.96. The number of ether oxygens (including phenoxy) is 1. The molecule has 3 heteroatoms. The summed E-state index contributed by atoms with van der Waals surface area (Å²) in [4.78, 5) is 5.50. The van der Waals surface area contributed by atoms with Gasteiger partial charge < -0.3 is 4.74 Å². The second-order valence-corrected chi connectivity index (χ2v) is 4.35. The molecule has 2 rings (SSSR count). The normalized spacial score (nSPS) is 15.6. The molecule has 1 aromatic rings. The molecule has 1 saturated carbocycles. The summed E-state index contributed by atoms with van der Waals surface area (Å²) in [5, 5.41) is 0. The number of hydrogen-bond acceptors (Lipinski definition) is 3. The molecule has 14 heavy (non-hydrogen) atoms. The van der Waals surface area contributed by atoms with Crippen LogP contribution in [0.15, 0.2) is 17.2 Å². The van der Waals surface area contributed by atoms with Crippen LogP contribution in [0.5, 0.6) is 5.75 Å². The van der Waals surface area contributed by atoms with E-state index in [0.717, 1.165) is 22.8 Å². The number of aryl methyl sites for hydroxylation is 1. The molecule has 0 saturated heterocycles. The first-order valence-electron chi connectivity index (χ1n) is 5.03. The predicted octanol–water partition coefficient (Wildman–Crippen LogP) is 2.91. The van der Waals surface area contributed by atoms with Crippen LogP contribution < -0.4 is 4.74 Å². The molecule has 0 unspecified atom stereocenters. The highest BCUT2D eigenvalue weighted by molar-refractivity contribution is 7.98. The van der Waals surface area contributed by atoms with Gasteiger partial charge in [-0.2, -0.15) is 0 Å². The van der Waals surface area contributed by atoms with Crippen molar-refractivity contribution in [3.63, 3.8) is 0 Å². The van der Waals surface area contributed by atoms with Gasteiger partial charge in [-0.1, -0.05) is 6.92 Å². The van der Waals surface area contributed by atoms with Crippen LogP contribution in [0.2, 0.25) is 0 Å². The van der Waals surface area contributed by atoms with E-state index in [2.05, 4.69) is 24.2 Å². The van der Waals surface area contributed by atoms with Crippen molar-refractivity contribution in [2.45, 2.75) is 37.2 Å². The minimum atomic E-state index is 0.466. The van der Waals surface area contributed by atoms with Crippen molar-refractivity contribution >= 4 is 11.8 Å². The summed E-state index contributed by atoms with van der Waals surface area (Å²) < 4.78 is 5.83. The summed E-state index contributed by atoms with van der Waals surface area (Å²) in [6.45, 7) is 2.11. The van der Waals surface area contributed by atoms with Crippen molar-refractivity contribution in [3.8, 4) is 5.75 Å². The maximum atomic E-state index is 5.83. The minimum Gasteiger partial charge on any atom is -0.489 e. The predicted molar refractivity (Wildman–Crippen MR) is 59.0 cm³/mol. The summed E-state index contributed by atoms with van der Waals surface area (Å²) in [6.07, 6.45) is 7.82. The van der Waals surface area contributed by atoms with Crippen LogP contribution in [-0.2, 0) is 6.42 Å². The van der Waals surface area contributed by atoms with Crippen LogP contribution in [0, 0.1) is 0 Å². The standard InChI is InChI=1S/C11H15NOS/c1-3-8-6-10(13-9-4-5-9)11(14-2)7-12-8/h6-7,9H,3-5H2,1-2H3. The van der Waals surface area contributed by atoms with Crippen molar-refractivity contribution in [2.75, 3.05) is 6.26 Å².